The van der Waals surface area contributed by atoms with Gasteiger partial charge in [0, 0.05) is 11.6 Å². The lowest BCUT2D eigenvalue weighted by Gasteiger charge is -2.15. The fourth-order valence-electron chi connectivity index (χ4n) is 1.82. The zero-order valence-electron chi connectivity index (χ0n) is 12.4. The van der Waals surface area contributed by atoms with Crippen molar-refractivity contribution < 1.29 is 14.3 Å². The van der Waals surface area contributed by atoms with Crippen LogP contribution in [0.5, 0.6) is 11.5 Å². The molecule has 112 valence electrons. The summed E-state index contributed by atoms with van der Waals surface area (Å²) in [7, 11) is 0. The summed E-state index contributed by atoms with van der Waals surface area (Å²) in [6.07, 6.45) is 0.751. The average Bonchev–Trinajstić information content (AvgIpc) is 2.41. The van der Waals surface area contributed by atoms with Gasteiger partial charge in [0.15, 0.2) is 11.5 Å². The summed E-state index contributed by atoms with van der Waals surface area (Å²) in [5.74, 6) is 1.12. The van der Waals surface area contributed by atoms with E-state index in [4.69, 9.17) is 15.2 Å². The Hall–Kier alpha value is -1.75. The molecule has 1 atom stereocenters. The Morgan fingerprint density at radius 2 is 1.90 bits per heavy atom. The van der Waals surface area contributed by atoms with Crippen LogP contribution in [-0.2, 0) is 0 Å². The number of nitrogens with one attached hydrogen (secondary N) is 1. The zero-order valence-corrected chi connectivity index (χ0v) is 12.4. The number of amides is 1. The second kappa shape index (κ2) is 8.43. The molecule has 0 saturated carbocycles. The molecule has 0 fully saturated rings. The predicted molar refractivity (Wildman–Crippen MR) is 79.4 cm³/mol. The van der Waals surface area contributed by atoms with Gasteiger partial charge in [-0.1, -0.05) is 0 Å². The van der Waals surface area contributed by atoms with E-state index >= 15 is 0 Å². The number of hydrogen-bond donors (Lipinski definition) is 2. The maximum atomic E-state index is 12.1. The highest BCUT2D eigenvalue weighted by molar-refractivity contribution is 5.95. The molecule has 0 aliphatic heterocycles. The molecule has 1 aromatic rings. The fraction of sp³-hybridized carbons (Fsp3) is 0.533. The highest BCUT2D eigenvalue weighted by atomic mass is 16.5. The zero-order chi connectivity index (χ0) is 15.0. The van der Waals surface area contributed by atoms with Crippen LogP contribution >= 0.6 is 0 Å². The smallest absolute Gasteiger partial charge is 0.251 e. The number of carbonyl (C=O) groups excluding carboxylic acids is 1. The van der Waals surface area contributed by atoms with Gasteiger partial charge in [-0.3, -0.25) is 4.79 Å². The molecule has 1 amide bonds. The molecule has 20 heavy (non-hydrogen) atoms. The van der Waals surface area contributed by atoms with Crippen molar-refractivity contribution in [2.75, 3.05) is 19.8 Å². The lowest BCUT2D eigenvalue weighted by atomic mass is 10.1. The molecular formula is C15H24N2O3. The van der Waals surface area contributed by atoms with E-state index in [0.717, 1.165) is 6.42 Å². The van der Waals surface area contributed by atoms with Crippen LogP contribution in [0.2, 0.25) is 0 Å². The second-order valence-corrected chi connectivity index (χ2v) is 4.48. The van der Waals surface area contributed by atoms with Crippen molar-refractivity contribution >= 4 is 5.91 Å². The fourth-order valence-corrected chi connectivity index (χ4v) is 1.82. The lowest BCUT2D eigenvalue weighted by Crippen LogP contribution is -2.34. The predicted octanol–water partition coefficient (Wildman–Crippen LogP) is 1.95. The average molecular weight is 280 g/mol. The van der Waals surface area contributed by atoms with Crippen molar-refractivity contribution in [1.29, 1.82) is 0 Å². The first kappa shape index (κ1) is 16.3. The summed E-state index contributed by atoms with van der Waals surface area (Å²) in [6.45, 7) is 7.36. The Labute approximate surface area is 120 Å². The van der Waals surface area contributed by atoms with Gasteiger partial charge in [0.25, 0.3) is 5.91 Å². The van der Waals surface area contributed by atoms with E-state index in [-0.39, 0.29) is 11.9 Å². The van der Waals surface area contributed by atoms with Gasteiger partial charge in [-0.05, 0) is 51.9 Å². The number of hydrogen-bond acceptors (Lipinski definition) is 4. The van der Waals surface area contributed by atoms with Gasteiger partial charge >= 0.3 is 0 Å². The normalized spacial score (nSPS) is 11.8. The maximum Gasteiger partial charge on any atom is 0.251 e. The van der Waals surface area contributed by atoms with E-state index in [9.17, 15) is 4.79 Å². The monoisotopic (exact) mass is 280 g/mol. The van der Waals surface area contributed by atoms with Crippen molar-refractivity contribution in [2.24, 2.45) is 5.73 Å². The lowest BCUT2D eigenvalue weighted by molar-refractivity contribution is 0.0938. The van der Waals surface area contributed by atoms with Crippen LogP contribution in [0.3, 0.4) is 0 Å². The molecule has 0 aliphatic rings. The van der Waals surface area contributed by atoms with E-state index < -0.39 is 0 Å². The van der Waals surface area contributed by atoms with Gasteiger partial charge < -0.3 is 20.5 Å². The number of rotatable bonds is 8. The Balaban J connectivity index is 2.84. The van der Waals surface area contributed by atoms with Crippen LogP contribution in [0.4, 0.5) is 0 Å². The van der Waals surface area contributed by atoms with Crippen LogP contribution in [-0.4, -0.2) is 31.7 Å². The van der Waals surface area contributed by atoms with Crippen molar-refractivity contribution in [3.63, 3.8) is 0 Å². The number of carbonyl (C=O) groups is 1. The molecular weight excluding hydrogens is 256 g/mol. The molecule has 1 rings (SSSR count). The maximum absolute atomic E-state index is 12.1. The van der Waals surface area contributed by atoms with Crippen LogP contribution in [0.1, 0.15) is 37.6 Å². The van der Waals surface area contributed by atoms with Crippen molar-refractivity contribution in [2.45, 2.75) is 33.2 Å². The van der Waals surface area contributed by atoms with Gasteiger partial charge in [0.2, 0.25) is 0 Å². The first-order chi connectivity index (χ1) is 9.62. The van der Waals surface area contributed by atoms with Crippen molar-refractivity contribution in [3.8, 4) is 11.5 Å². The van der Waals surface area contributed by atoms with Gasteiger partial charge in [0.05, 0.1) is 13.2 Å². The van der Waals surface area contributed by atoms with Crippen LogP contribution in [0.15, 0.2) is 18.2 Å². The van der Waals surface area contributed by atoms with Crippen LogP contribution < -0.4 is 20.5 Å². The van der Waals surface area contributed by atoms with Gasteiger partial charge in [-0.25, -0.2) is 0 Å². The van der Waals surface area contributed by atoms with Crippen molar-refractivity contribution in [3.05, 3.63) is 23.8 Å². The highest BCUT2D eigenvalue weighted by Gasteiger charge is 2.13. The third-order valence-corrected chi connectivity index (χ3v) is 2.78. The van der Waals surface area contributed by atoms with Gasteiger partial charge in [0.1, 0.15) is 0 Å². The quantitative estimate of drug-likeness (QED) is 0.763. The van der Waals surface area contributed by atoms with E-state index in [2.05, 4.69) is 5.32 Å². The molecule has 0 aromatic heterocycles. The Morgan fingerprint density at radius 1 is 1.25 bits per heavy atom. The van der Waals surface area contributed by atoms with E-state index in [1.54, 1.807) is 18.2 Å². The minimum atomic E-state index is -0.130. The minimum absolute atomic E-state index is 0.0506. The first-order valence-electron chi connectivity index (χ1n) is 7.02. The highest BCUT2D eigenvalue weighted by Crippen LogP contribution is 2.28. The van der Waals surface area contributed by atoms with Gasteiger partial charge in [-0.2, -0.15) is 0 Å². The number of benzene rings is 1. The Bertz CT molecular complexity index is 435. The molecule has 0 spiro atoms. The Morgan fingerprint density at radius 3 is 2.50 bits per heavy atom. The second-order valence-electron chi connectivity index (χ2n) is 4.48. The topological polar surface area (TPSA) is 73.6 Å². The number of nitrogens with two attached hydrogens (primary N) is 1. The molecule has 0 aliphatic carbocycles. The molecule has 0 radical (unpaired) electrons. The molecule has 3 N–H and O–H groups in total. The molecule has 1 unspecified atom stereocenters. The molecule has 0 heterocycles. The third kappa shape index (κ3) is 4.74. The minimum Gasteiger partial charge on any atom is -0.490 e. The summed E-state index contributed by atoms with van der Waals surface area (Å²) in [4.78, 5) is 12.1. The third-order valence-electron chi connectivity index (χ3n) is 2.78. The SMILES string of the molecule is CCOc1ccc(C(=O)NC(C)CCN)cc1OCC. The molecule has 5 nitrogen and oxygen atoms in total. The summed E-state index contributed by atoms with van der Waals surface area (Å²) >= 11 is 0. The molecule has 5 heteroatoms. The van der Waals surface area contributed by atoms with E-state index in [0.29, 0.717) is 36.8 Å². The summed E-state index contributed by atoms with van der Waals surface area (Å²) in [5.41, 5.74) is 6.03. The largest absolute Gasteiger partial charge is 0.490 e. The summed E-state index contributed by atoms with van der Waals surface area (Å²) in [5, 5.41) is 2.90. The first-order valence-corrected chi connectivity index (χ1v) is 7.02. The van der Waals surface area contributed by atoms with Crippen LogP contribution in [0, 0.1) is 0 Å². The summed E-state index contributed by atoms with van der Waals surface area (Å²) in [6, 6.07) is 5.25. The summed E-state index contributed by atoms with van der Waals surface area (Å²) < 4.78 is 11.0. The van der Waals surface area contributed by atoms with Crippen LogP contribution in [0.25, 0.3) is 0 Å². The standard InChI is InChI=1S/C15H24N2O3/c1-4-19-13-7-6-12(10-14(13)20-5-2)15(18)17-11(3)8-9-16/h6-7,10-11H,4-5,8-9,16H2,1-3H3,(H,17,18). The molecule has 0 saturated heterocycles. The molecule has 1 aromatic carbocycles. The van der Waals surface area contributed by atoms with E-state index in [1.165, 1.54) is 0 Å². The number of ether oxygens (including phenoxy) is 2. The van der Waals surface area contributed by atoms with E-state index in [1.807, 2.05) is 20.8 Å². The molecule has 0 bridgehead atoms. The Kier molecular flexibility index (Phi) is 6.87. The van der Waals surface area contributed by atoms with Gasteiger partial charge in [-0.15, -0.1) is 0 Å². The van der Waals surface area contributed by atoms with Crippen molar-refractivity contribution in [1.82, 2.24) is 5.32 Å².